The van der Waals surface area contributed by atoms with Crippen LogP contribution in [0.5, 0.6) is 11.5 Å². The van der Waals surface area contributed by atoms with E-state index in [-0.39, 0.29) is 95.5 Å². The van der Waals surface area contributed by atoms with Crippen molar-refractivity contribution in [1.82, 2.24) is 5.32 Å². The molecule has 4 aromatic rings. The van der Waals surface area contributed by atoms with Crippen LogP contribution in [0.3, 0.4) is 0 Å². The van der Waals surface area contributed by atoms with Crippen LogP contribution in [0.1, 0.15) is 54.7 Å². The van der Waals surface area contributed by atoms with Gasteiger partial charge in [0.15, 0.2) is 23.1 Å². The van der Waals surface area contributed by atoms with E-state index in [0.717, 1.165) is 0 Å². The molecule has 0 unspecified atom stereocenters. The first-order valence-electron chi connectivity index (χ1n) is 16.1. The van der Waals surface area contributed by atoms with E-state index in [1.54, 1.807) is 0 Å². The van der Waals surface area contributed by atoms with Gasteiger partial charge < -0.3 is 30.2 Å². The van der Waals surface area contributed by atoms with Gasteiger partial charge in [-0.1, -0.05) is 69.6 Å². The van der Waals surface area contributed by atoms with Gasteiger partial charge in [0.2, 0.25) is 0 Å². The van der Waals surface area contributed by atoms with Gasteiger partial charge in [0.1, 0.15) is 19.8 Å². The molecular weight excluding hydrogens is 833 g/mol. The molecule has 0 saturated heterocycles. The van der Waals surface area contributed by atoms with Crippen LogP contribution in [0.15, 0.2) is 48.5 Å². The highest BCUT2D eigenvalue weighted by Crippen LogP contribution is 2.37. The lowest BCUT2D eigenvalue weighted by Gasteiger charge is -2.16. The predicted octanol–water partition coefficient (Wildman–Crippen LogP) is 10.7. The van der Waals surface area contributed by atoms with E-state index in [9.17, 15) is 23.2 Å². The summed E-state index contributed by atoms with van der Waals surface area (Å²) >= 11 is 37.7. The molecule has 1 amide bonds. The monoisotopic (exact) mass is 863 g/mol. The normalized spacial score (nSPS) is 11.1. The van der Waals surface area contributed by atoms with E-state index in [4.69, 9.17) is 83.8 Å². The fourth-order valence-corrected chi connectivity index (χ4v) is 6.65. The summed E-state index contributed by atoms with van der Waals surface area (Å²) in [6, 6.07) is 10.9. The number of halogens is 8. The number of benzene rings is 4. The highest BCUT2D eigenvalue weighted by atomic mass is 35.5. The van der Waals surface area contributed by atoms with Crippen LogP contribution in [0, 0.1) is 11.6 Å². The second-order valence-corrected chi connectivity index (χ2v) is 14.9. The summed E-state index contributed by atoms with van der Waals surface area (Å²) in [6.07, 6.45) is -0.409. The molecule has 0 atom stereocenters. The number of hydrogen-bond donors (Lipinski definition) is 3. The second-order valence-electron chi connectivity index (χ2n) is 12.4. The first-order valence-corrected chi connectivity index (χ1v) is 18.4. The van der Waals surface area contributed by atoms with Crippen LogP contribution in [0.25, 0.3) is 0 Å². The smallest absolute Gasteiger partial charge is 0.333 e. The molecular formula is C37H33Cl6F2N3O6. The molecule has 0 bridgehead atoms. The fraction of sp³-hybridized carbons (Fsp3) is 0.270. The molecule has 17 heteroatoms. The molecule has 0 fully saturated rings. The third kappa shape index (κ3) is 11.9. The first-order chi connectivity index (χ1) is 25.4. The molecule has 0 saturated carbocycles. The van der Waals surface area contributed by atoms with Crippen molar-refractivity contribution >= 4 is 98.8 Å². The molecule has 9 nitrogen and oxygen atoms in total. The Hall–Kier alpha value is -3.71. The summed E-state index contributed by atoms with van der Waals surface area (Å²) in [5.74, 6) is -3.87. The van der Waals surface area contributed by atoms with Gasteiger partial charge in [0.05, 0.1) is 37.9 Å². The number of hydrogen-bond acceptors (Lipinski definition) is 8. The molecule has 0 heterocycles. The third-order valence-corrected chi connectivity index (χ3v) is 8.71. The Kier molecular flexibility index (Phi) is 15.3. The van der Waals surface area contributed by atoms with Crippen molar-refractivity contribution in [2.45, 2.75) is 59.4 Å². The Morgan fingerprint density at radius 3 is 1.48 bits per heavy atom. The molecule has 0 aliphatic carbocycles. The molecule has 0 aliphatic heterocycles. The Morgan fingerprint density at radius 1 is 0.630 bits per heavy atom. The number of esters is 2. The van der Waals surface area contributed by atoms with Crippen molar-refractivity contribution in [2.24, 2.45) is 0 Å². The van der Waals surface area contributed by atoms with Gasteiger partial charge in [-0.3, -0.25) is 9.59 Å². The highest BCUT2D eigenvalue weighted by Gasteiger charge is 2.20. The van der Waals surface area contributed by atoms with Crippen molar-refractivity contribution in [1.29, 1.82) is 0 Å². The maximum atomic E-state index is 15.0. The number of nitrogens with one attached hydrogen (secondary N) is 3. The lowest BCUT2D eigenvalue weighted by atomic mass is 10.1. The van der Waals surface area contributed by atoms with Crippen LogP contribution in [-0.2, 0) is 34.0 Å². The summed E-state index contributed by atoms with van der Waals surface area (Å²) in [5, 5.41) is 8.75. The maximum absolute atomic E-state index is 15.0. The summed E-state index contributed by atoms with van der Waals surface area (Å²) in [7, 11) is 0. The maximum Gasteiger partial charge on any atom is 0.333 e. The van der Waals surface area contributed by atoms with E-state index in [0.29, 0.717) is 5.02 Å². The summed E-state index contributed by atoms with van der Waals surface area (Å²) in [6.45, 7) is 6.19. The number of rotatable bonds is 15. The predicted molar refractivity (Wildman–Crippen MR) is 209 cm³/mol. The van der Waals surface area contributed by atoms with Crippen LogP contribution >= 0.6 is 69.6 Å². The Labute approximate surface area is 340 Å². The Bertz CT molecular complexity index is 2020. The van der Waals surface area contributed by atoms with E-state index in [1.807, 2.05) is 27.7 Å². The minimum Gasteiger partial charge on any atom is -0.486 e. The lowest BCUT2D eigenvalue weighted by Crippen LogP contribution is -2.32. The van der Waals surface area contributed by atoms with Gasteiger partial charge in [-0.15, -0.1) is 0 Å². The van der Waals surface area contributed by atoms with Crippen LogP contribution in [0.4, 0.5) is 20.2 Å². The average molecular weight is 866 g/mol. The largest absolute Gasteiger partial charge is 0.486 e. The number of ether oxygens (including phenoxy) is 3. The molecule has 0 aliphatic rings. The number of carbonyl (C=O) groups excluding carboxylic acids is 3. The molecule has 3 N–H and O–H groups in total. The van der Waals surface area contributed by atoms with Crippen LogP contribution in [-0.4, -0.2) is 36.5 Å². The molecule has 0 aromatic heterocycles. The number of carbonyl (C=O) groups is 3. The second kappa shape index (κ2) is 19.2. The minimum atomic E-state index is -1.06. The van der Waals surface area contributed by atoms with Crippen molar-refractivity contribution in [3.63, 3.8) is 0 Å². The van der Waals surface area contributed by atoms with Gasteiger partial charge in [-0.2, -0.15) is 0 Å². The summed E-state index contributed by atoms with van der Waals surface area (Å²) in [4.78, 5) is 37.7. The van der Waals surface area contributed by atoms with E-state index >= 15 is 0 Å². The van der Waals surface area contributed by atoms with Gasteiger partial charge in [0.25, 0.3) is 5.91 Å². The molecule has 0 spiro atoms. The van der Waals surface area contributed by atoms with E-state index in [2.05, 4.69) is 16.0 Å². The van der Waals surface area contributed by atoms with Gasteiger partial charge in [0, 0.05) is 38.8 Å². The zero-order chi connectivity index (χ0) is 39.9. The molecule has 288 valence electrons. The average Bonchev–Trinajstić information content (AvgIpc) is 3.06. The van der Waals surface area contributed by atoms with Crippen LogP contribution in [0.2, 0.25) is 30.1 Å². The number of amides is 1. The van der Waals surface area contributed by atoms with Crippen LogP contribution < -0.4 is 25.4 Å². The quantitative estimate of drug-likeness (QED) is 0.0799. The standard InChI is InChI=1S/C37H33Cl6F2N3O6/c1-17(2)47-29-12-23(38)8-21(33(29)44)15-52-35-25(40)5-19(6-26(35)41)7-31(49)54-32(50)14-46-37(51)20-10-27(42)36(28(43)11-20)53-16-22-9-24(39)13-30(34(22)45)48-18(3)4/h5-6,8-13,17-18,47-48H,7,14-16H2,1-4H3,(H,46,51). The molecule has 4 aromatic carbocycles. The summed E-state index contributed by atoms with van der Waals surface area (Å²) < 4.78 is 46.2. The minimum absolute atomic E-state index is 0.0133. The SMILES string of the molecule is CC(C)Nc1cc(Cl)cc(COc2c(Cl)cc(CC(=O)OC(=O)CNC(=O)c3cc(Cl)c(OCc4cc(Cl)cc(NC(C)C)c4F)c(Cl)c3)cc2Cl)c1F. The van der Waals surface area contributed by atoms with Gasteiger partial charge in [-0.05, 0) is 81.8 Å². The van der Waals surface area contributed by atoms with E-state index < -0.39 is 42.4 Å². The Morgan fingerprint density at radius 2 is 1.06 bits per heavy atom. The van der Waals surface area contributed by atoms with Crippen molar-refractivity contribution in [2.75, 3.05) is 17.2 Å². The van der Waals surface area contributed by atoms with Gasteiger partial charge in [-0.25, -0.2) is 13.6 Å². The lowest BCUT2D eigenvalue weighted by molar-refractivity contribution is -0.158. The zero-order valence-corrected chi connectivity index (χ0v) is 33.6. The van der Waals surface area contributed by atoms with Crippen molar-refractivity contribution in [3.8, 4) is 11.5 Å². The van der Waals surface area contributed by atoms with E-state index in [1.165, 1.54) is 48.5 Å². The first kappa shape index (κ1) is 43.0. The Balaban J connectivity index is 1.30. The number of anilines is 2. The third-order valence-electron chi connectivity index (χ3n) is 7.15. The highest BCUT2D eigenvalue weighted by molar-refractivity contribution is 6.38. The molecule has 54 heavy (non-hydrogen) atoms. The molecule has 4 rings (SSSR count). The van der Waals surface area contributed by atoms with Crippen molar-refractivity contribution < 1.29 is 37.4 Å². The summed E-state index contributed by atoms with van der Waals surface area (Å²) in [5.41, 5.74) is 0.962. The molecule has 0 radical (unpaired) electrons. The van der Waals surface area contributed by atoms with Gasteiger partial charge >= 0.3 is 11.9 Å². The van der Waals surface area contributed by atoms with Crippen molar-refractivity contribution in [3.05, 3.63) is 113 Å². The zero-order valence-electron chi connectivity index (χ0n) is 29.1. The topological polar surface area (TPSA) is 115 Å². The fourth-order valence-electron chi connectivity index (χ4n) is 4.93.